The van der Waals surface area contributed by atoms with Crippen LogP contribution in [0.15, 0.2) is 71.4 Å². The van der Waals surface area contributed by atoms with Gasteiger partial charge in [-0.3, -0.25) is 9.59 Å². The van der Waals surface area contributed by atoms with Crippen LogP contribution in [-0.2, 0) is 9.59 Å². The SMILES string of the molecule is C=CC(C=CC(=O)CCC(CCCC)C(C=CC)=CC)=CC1=C(C)CCCC(=O)CC1. The fraction of sp³-hybridized carbons (Fsp3) is 0.517. The van der Waals surface area contributed by atoms with Gasteiger partial charge in [-0.05, 0) is 81.6 Å². The average Bonchev–Trinajstić information content (AvgIpc) is 2.76. The molecule has 2 nitrogen and oxygen atoms in total. The molecule has 0 saturated heterocycles. The third-order valence-corrected chi connectivity index (χ3v) is 6.08. The second kappa shape index (κ2) is 15.6. The van der Waals surface area contributed by atoms with E-state index in [1.165, 1.54) is 29.6 Å². The Hall–Kier alpha value is -2.22. The molecule has 1 rings (SSSR count). The van der Waals surface area contributed by atoms with Crippen LogP contribution >= 0.6 is 0 Å². The first-order chi connectivity index (χ1) is 14.9. The Morgan fingerprint density at radius 2 is 1.84 bits per heavy atom. The van der Waals surface area contributed by atoms with Crippen molar-refractivity contribution in [2.45, 2.75) is 91.9 Å². The molecule has 0 heterocycles. The largest absolute Gasteiger partial charge is 0.300 e. The molecule has 0 aliphatic heterocycles. The Balaban J connectivity index is 2.81. The summed E-state index contributed by atoms with van der Waals surface area (Å²) in [5.74, 6) is 0.942. The van der Waals surface area contributed by atoms with Crippen LogP contribution in [0.25, 0.3) is 0 Å². The van der Waals surface area contributed by atoms with Crippen molar-refractivity contribution >= 4 is 11.6 Å². The first kappa shape index (κ1) is 26.8. The van der Waals surface area contributed by atoms with Crippen molar-refractivity contribution in [1.82, 2.24) is 0 Å². The van der Waals surface area contributed by atoms with E-state index in [1.807, 2.05) is 13.0 Å². The Kier molecular flexibility index (Phi) is 13.5. The minimum atomic E-state index is 0.156. The van der Waals surface area contributed by atoms with E-state index >= 15 is 0 Å². The second-order valence-corrected chi connectivity index (χ2v) is 8.51. The van der Waals surface area contributed by atoms with Crippen molar-refractivity contribution in [3.8, 4) is 0 Å². The van der Waals surface area contributed by atoms with Gasteiger partial charge in [-0.2, -0.15) is 0 Å². The number of hydrogen-bond acceptors (Lipinski definition) is 2. The summed E-state index contributed by atoms with van der Waals surface area (Å²) in [4.78, 5) is 24.4. The van der Waals surface area contributed by atoms with Gasteiger partial charge in [-0.15, -0.1) is 0 Å². The van der Waals surface area contributed by atoms with E-state index in [4.69, 9.17) is 0 Å². The number of ketones is 2. The number of Topliss-reactive ketones (excluding diaryl/α,β-unsaturated/α-hetero) is 1. The summed E-state index contributed by atoms with van der Waals surface area (Å²) in [6.45, 7) is 12.4. The summed E-state index contributed by atoms with van der Waals surface area (Å²) in [5, 5.41) is 0. The predicted molar refractivity (Wildman–Crippen MR) is 134 cm³/mol. The molecule has 0 amide bonds. The Labute approximate surface area is 190 Å². The first-order valence-corrected chi connectivity index (χ1v) is 12.0. The molecule has 1 atom stereocenters. The summed E-state index contributed by atoms with van der Waals surface area (Å²) in [6.07, 6.45) is 22.8. The standard InChI is InChI=1S/C29H42O2/c1-6-10-14-26(25(9-4)12-7-2)17-20-29(31)19-16-24(8-3)22-27-18-21-28(30)15-11-13-23(27)5/h7-9,12,16,19,22,26H,3,6,10-11,13-15,17-18,20-21H2,1-2,4-5H3. The van der Waals surface area contributed by atoms with Crippen LogP contribution in [0.3, 0.4) is 0 Å². The number of unbranched alkanes of at least 4 members (excludes halogenated alkanes) is 1. The van der Waals surface area contributed by atoms with Gasteiger partial charge in [-0.25, -0.2) is 0 Å². The lowest BCUT2D eigenvalue weighted by Crippen LogP contribution is -2.06. The molecule has 0 bridgehead atoms. The van der Waals surface area contributed by atoms with Crippen LogP contribution in [0, 0.1) is 5.92 Å². The van der Waals surface area contributed by atoms with Crippen LogP contribution in [0.1, 0.15) is 91.9 Å². The monoisotopic (exact) mass is 422 g/mol. The van der Waals surface area contributed by atoms with Crippen LogP contribution < -0.4 is 0 Å². The van der Waals surface area contributed by atoms with Crippen LogP contribution in [0.5, 0.6) is 0 Å². The van der Waals surface area contributed by atoms with Gasteiger partial charge >= 0.3 is 0 Å². The van der Waals surface area contributed by atoms with Gasteiger partial charge in [0, 0.05) is 19.3 Å². The molecule has 0 aromatic rings. The maximum Gasteiger partial charge on any atom is 0.155 e. The van der Waals surface area contributed by atoms with Gasteiger partial charge in [-0.1, -0.05) is 68.4 Å². The van der Waals surface area contributed by atoms with Crippen molar-refractivity contribution in [2.24, 2.45) is 5.92 Å². The summed E-state index contributed by atoms with van der Waals surface area (Å²) in [5.41, 5.74) is 4.82. The van der Waals surface area contributed by atoms with Gasteiger partial charge in [0.15, 0.2) is 5.78 Å². The van der Waals surface area contributed by atoms with Gasteiger partial charge in [0.2, 0.25) is 0 Å². The summed E-state index contributed by atoms with van der Waals surface area (Å²) in [6, 6.07) is 0. The molecule has 1 aliphatic carbocycles. The van der Waals surface area contributed by atoms with E-state index in [1.54, 1.807) is 12.2 Å². The van der Waals surface area contributed by atoms with Crippen LogP contribution in [-0.4, -0.2) is 11.6 Å². The normalized spacial score (nSPS) is 17.9. The zero-order valence-corrected chi connectivity index (χ0v) is 20.2. The summed E-state index contributed by atoms with van der Waals surface area (Å²) >= 11 is 0. The third kappa shape index (κ3) is 10.6. The Morgan fingerprint density at radius 3 is 2.48 bits per heavy atom. The minimum Gasteiger partial charge on any atom is -0.300 e. The fourth-order valence-electron chi connectivity index (χ4n) is 4.07. The lowest BCUT2D eigenvalue weighted by molar-refractivity contribution is -0.119. The molecule has 0 aromatic heterocycles. The molecule has 31 heavy (non-hydrogen) atoms. The van der Waals surface area contributed by atoms with Crippen LogP contribution in [0.4, 0.5) is 0 Å². The average molecular weight is 423 g/mol. The molecule has 170 valence electrons. The quantitative estimate of drug-likeness (QED) is 0.235. The molecule has 1 aliphatic rings. The zero-order chi connectivity index (χ0) is 23.1. The molecule has 2 heteroatoms. The number of carbonyl (C=O) groups excluding carboxylic acids is 2. The number of hydrogen-bond donors (Lipinski definition) is 0. The highest BCUT2D eigenvalue weighted by atomic mass is 16.1. The van der Waals surface area contributed by atoms with Gasteiger partial charge < -0.3 is 0 Å². The topological polar surface area (TPSA) is 34.1 Å². The molecule has 0 saturated carbocycles. The smallest absolute Gasteiger partial charge is 0.155 e. The fourth-order valence-corrected chi connectivity index (χ4v) is 4.07. The van der Waals surface area contributed by atoms with Gasteiger partial charge in [0.05, 0.1) is 0 Å². The van der Waals surface area contributed by atoms with Crippen LogP contribution in [0.2, 0.25) is 0 Å². The van der Waals surface area contributed by atoms with Gasteiger partial charge in [0.25, 0.3) is 0 Å². The lowest BCUT2D eigenvalue weighted by atomic mass is 9.88. The van der Waals surface area contributed by atoms with Crippen molar-refractivity contribution in [1.29, 1.82) is 0 Å². The van der Waals surface area contributed by atoms with E-state index < -0.39 is 0 Å². The number of rotatable bonds is 12. The van der Waals surface area contributed by atoms with E-state index in [9.17, 15) is 9.59 Å². The highest BCUT2D eigenvalue weighted by molar-refractivity contribution is 5.90. The molecular formula is C29H42O2. The Bertz CT molecular complexity index is 756. The number of allylic oxidation sites excluding steroid dienone is 11. The van der Waals surface area contributed by atoms with Gasteiger partial charge in [0.1, 0.15) is 5.78 Å². The molecular weight excluding hydrogens is 380 g/mol. The lowest BCUT2D eigenvalue weighted by Gasteiger charge is -2.17. The first-order valence-electron chi connectivity index (χ1n) is 12.0. The summed E-state index contributed by atoms with van der Waals surface area (Å²) in [7, 11) is 0. The third-order valence-electron chi connectivity index (χ3n) is 6.08. The van der Waals surface area contributed by atoms with E-state index in [-0.39, 0.29) is 5.78 Å². The van der Waals surface area contributed by atoms with E-state index in [0.29, 0.717) is 31.0 Å². The molecule has 0 N–H and O–H groups in total. The predicted octanol–water partition coefficient (Wildman–Crippen LogP) is 8.18. The maximum absolute atomic E-state index is 12.6. The molecule has 0 fully saturated rings. The highest BCUT2D eigenvalue weighted by Crippen LogP contribution is 2.26. The van der Waals surface area contributed by atoms with Crippen molar-refractivity contribution in [3.05, 3.63) is 71.4 Å². The number of carbonyl (C=O) groups is 2. The van der Waals surface area contributed by atoms with Crippen molar-refractivity contribution in [2.75, 3.05) is 0 Å². The molecule has 0 aromatic carbocycles. The summed E-state index contributed by atoms with van der Waals surface area (Å²) < 4.78 is 0. The highest BCUT2D eigenvalue weighted by Gasteiger charge is 2.13. The van der Waals surface area contributed by atoms with E-state index in [0.717, 1.165) is 37.7 Å². The second-order valence-electron chi connectivity index (χ2n) is 8.51. The minimum absolute atomic E-state index is 0.156. The molecule has 1 unspecified atom stereocenters. The Morgan fingerprint density at radius 1 is 1.06 bits per heavy atom. The van der Waals surface area contributed by atoms with Crippen molar-refractivity contribution in [3.63, 3.8) is 0 Å². The zero-order valence-electron chi connectivity index (χ0n) is 20.2. The van der Waals surface area contributed by atoms with Crippen molar-refractivity contribution < 1.29 is 9.59 Å². The molecule has 0 spiro atoms. The molecule has 0 radical (unpaired) electrons. The van der Waals surface area contributed by atoms with E-state index in [2.05, 4.69) is 51.7 Å². The maximum atomic E-state index is 12.6.